The van der Waals surface area contributed by atoms with Gasteiger partial charge in [-0.05, 0) is 72.2 Å². The number of anilines is 1. The highest BCUT2D eigenvalue weighted by atomic mass is 32.2. The van der Waals surface area contributed by atoms with E-state index in [0.717, 1.165) is 21.4 Å². The van der Waals surface area contributed by atoms with Gasteiger partial charge in [0.15, 0.2) is 21.4 Å². The summed E-state index contributed by atoms with van der Waals surface area (Å²) in [7, 11) is -2.76. The SMILES string of the molecule is COc1cc([C@@H](C(=O)N2CCC(C(=O)OC(=O)C(F)(F)F)C2c2ccccc2S(=O)(=O)C2CC2)N(N)c2ccc3cnccc3c2)ccc1F. The molecule has 0 radical (unpaired) electrons. The highest BCUT2D eigenvalue weighted by Gasteiger charge is 2.51. The number of rotatable bonds is 9. The molecule has 1 saturated heterocycles. The number of carbonyl (C=O) groups excluding carboxylic acids is 3. The lowest BCUT2D eigenvalue weighted by Gasteiger charge is -2.36. The molecule has 2 aliphatic rings. The van der Waals surface area contributed by atoms with Gasteiger partial charge in [-0.1, -0.05) is 30.3 Å². The van der Waals surface area contributed by atoms with Crippen molar-refractivity contribution < 1.29 is 49.8 Å². The smallest absolute Gasteiger partial charge is 0.491 e. The van der Waals surface area contributed by atoms with E-state index in [9.17, 15) is 40.4 Å². The van der Waals surface area contributed by atoms with Crippen LogP contribution in [0.25, 0.3) is 10.8 Å². The van der Waals surface area contributed by atoms with E-state index in [1.165, 1.54) is 43.5 Å². The molecule has 1 aromatic heterocycles. The van der Waals surface area contributed by atoms with Gasteiger partial charge in [-0.3, -0.25) is 19.6 Å². The number of amides is 1. The number of ether oxygens (including phenoxy) is 2. The molecule has 1 saturated carbocycles. The molecular formula is C34H30F4N4O7S. The number of hydrogen-bond donors (Lipinski definition) is 1. The number of aromatic nitrogens is 1. The number of esters is 2. The molecular weight excluding hydrogens is 684 g/mol. The van der Waals surface area contributed by atoms with Gasteiger partial charge >= 0.3 is 18.1 Å². The highest BCUT2D eigenvalue weighted by molar-refractivity contribution is 7.92. The monoisotopic (exact) mass is 714 g/mol. The molecule has 11 nitrogen and oxygen atoms in total. The lowest BCUT2D eigenvalue weighted by Crippen LogP contribution is -2.47. The highest BCUT2D eigenvalue weighted by Crippen LogP contribution is 2.45. The van der Waals surface area contributed by atoms with Crippen LogP contribution >= 0.6 is 0 Å². The topological polar surface area (TPSA) is 149 Å². The van der Waals surface area contributed by atoms with Gasteiger partial charge in [-0.15, -0.1) is 0 Å². The number of hydrogen-bond acceptors (Lipinski definition) is 10. The number of methoxy groups -OCH3 is 1. The van der Waals surface area contributed by atoms with Crippen molar-refractivity contribution in [3.63, 3.8) is 0 Å². The Hall–Kier alpha value is -5.09. The van der Waals surface area contributed by atoms with Gasteiger partial charge in [0.2, 0.25) is 0 Å². The van der Waals surface area contributed by atoms with Gasteiger partial charge in [-0.2, -0.15) is 13.2 Å². The number of fused-ring (bicyclic) bond motifs is 1. The number of benzene rings is 3. The molecule has 1 aliphatic heterocycles. The normalized spacial score (nSPS) is 18.5. The van der Waals surface area contributed by atoms with E-state index in [2.05, 4.69) is 9.72 Å². The van der Waals surface area contributed by atoms with Crippen LogP contribution in [-0.2, 0) is 29.0 Å². The van der Waals surface area contributed by atoms with Crippen molar-refractivity contribution in [2.75, 3.05) is 18.7 Å². The van der Waals surface area contributed by atoms with Crippen LogP contribution in [0.2, 0.25) is 0 Å². The average Bonchev–Trinajstić information content (AvgIpc) is 3.87. The number of sulfone groups is 1. The maximum absolute atomic E-state index is 14.9. The van der Waals surface area contributed by atoms with E-state index in [0.29, 0.717) is 23.9 Å². The van der Waals surface area contributed by atoms with Crippen molar-refractivity contribution in [3.8, 4) is 5.75 Å². The third-order valence-corrected chi connectivity index (χ3v) is 11.2. The summed E-state index contributed by atoms with van der Waals surface area (Å²) in [5, 5.41) is 1.87. The molecule has 2 fully saturated rings. The number of nitrogens with two attached hydrogens (primary N) is 1. The largest absolute Gasteiger partial charge is 0.494 e. The fraction of sp³-hybridized carbons (Fsp3) is 0.294. The zero-order valence-corrected chi connectivity index (χ0v) is 27.2. The van der Waals surface area contributed by atoms with E-state index in [-0.39, 0.29) is 34.7 Å². The zero-order chi connectivity index (χ0) is 36.0. The van der Waals surface area contributed by atoms with Crippen molar-refractivity contribution in [3.05, 3.63) is 96.1 Å². The van der Waals surface area contributed by atoms with E-state index in [4.69, 9.17) is 10.6 Å². The van der Waals surface area contributed by atoms with Gasteiger partial charge < -0.3 is 14.4 Å². The minimum Gasteiger partial charge on any atom is -0.494 e. The van der Waals surface area contributed by atoms with Crippen LogP contribution in [-0.4, -0.2) is 61.2 Å². The zero-order valence-electron chi connectivity index (χ0n) is 26.3. The molecule has 262 valence electrons. The first-order chi connectivity index (χ1) is 23.7. The van der Waals surface area contributed by atoms with Gasteiger partial charge in [-0.25, -0.2) is 23.4 Å². The second-order valence-electron chi connectivity index (χ2n) is 12.0. The first-order valence-corrected chi connectivity index (χ1v) is 16.9. The number of nitrogens with zero attached hydrogens (tertiary/aromatic N) is 3. The number of carbonyl (C=O) groups is 3. The van der Waals surface area contributed by atoms with E-state index >= 15 is 0 Å². The van der Waals surface area contributed by atoms with Crippen LogP contribution in [0.3, 0.4) is 0 Å². The van der Waals surface area contributed by atoms with Crippen LogP contribution in [0.1, 0.15) is 42.5 Å². The standard InChI is InChI=1S/C34H30F4N4O7S/c1-48-27-17-20(7-11-26(27)35)29(42(39)22-8-6-21-18-40-14-12-19(21)16-22)31(43)41-15-13-25(32(44)49-33(45)34(36,37)38)30(41)24-4-2-3-5-28(24)50(46,47)23-9-10-23/h2-8,11-12,14,16-18,23,25,29-30H,9-10,13,15,39H2,1H3/t25?,29-,30?/m0/s1. The Balaban J connectivity index is 1.48. The van der Waals surface area contributed by atoms with E-state index < -0.39 is 62.9 Å². The van der Waals surface area contributed by atoms with Crippen LogP contribution in [0, 0.1) is 11.7 Å². The second-order valence-corrected chi connectivity index (χ2v) is 14.2. The van der Waals surface area contributed by atoms with Crippen molar-refractivity contribution in [1.29, 1.82) is 0 Å². The summed E-state index contributed by atoms with van der Waals surface area (Å²) < 4.78 is 90.5. The first-order valence-electron chi connectivity index (χ1n) is 15.4. The van der Waals surface area contributed by atoms with Gasteiger partial charge in [0.25, 0.3) is 5.91 Å². The molecule has 50 heavy (non-hydrogen) atoms. The summed E-state index contributed by atoms with van der Waals surface area (Å²) >= 11 is 0. The van der Waals surface area contributed by atoms with Crippen molar-refractivity contribution >= 4 is 44.1 Å². The average molecular weight is 715 g/mol. The Bertz CT molecular complexity index is 2090. The number of pyridine rings is 1. The molecule has 16 heteroatoms. The molecule has 6 rings (SSSR count). The molecule has 1 amide bonds. The van der Waals surface area contributed by atoms with Gasteiger partial charge in [0, 0.05) is 24.3 Å². The summed E-state index contributed by atoms with van der Waals surface area (Å²) in [6.45, 7) is -0.270. The van der Waals surface area contributed by atoms with Crippen molar-refractivity contribution in [2.24, 2.45) is 11.8 Å². The molecule has 1 aliphatic carbocycles. The maximum atomic E-state index is 14.9. The third kappa shape index (κ3) is 6.59. The lowest BCUT2D eigenvalue weighted by atomic mass is 9.93. The summed E-state index contributed by atoms with van der Waals surface area (Å²) in [5.41, 5.74) is 0.426. The first kappa shape index (κ1) is 34.8. The number of halogens is 4. The summed E-state index contributed by atoms with van der Waals surface area (Å²) in [6, 6.07) is 13.0. The Morgan fingerprint density at radius 2 is 1.74 bits per heavy atom. The lowest BCUT2D eigenvalue weighted by molar-refractivity contribution is -0.203. The molecule has 2 unspecified atom stereocenters. The Labute approximate surface area is 283 Å². The Morgan fingerprint density at radius 1 is 1.00 bits per heavy atom. The predicted molar refractivity (Wildman–Crippen MR) is 170 cm³/mol. The van der Waals surface area contributed by atoms with Crippen LogP contribution in [0.5, 0.6) is 5.75 Å². The van der Waals surface area contributed by atoms with Crippen LogP contribution < -0.4 is 15.6 Å². The third-order valence-electron chi connectivity index (χ3n) is 8.84. The number of hydrazine groups is 1. The van der Waals surface area contributed by atoms with Gasteiger partial charge in [0.05, 0.1) is 34.9 Å². The molecule has 2 N–H and O–H groups in total. The Morgan fingerprint density at radius 3 is 2.44 bits per heavy atom. The molecule has 4 aromatic rings. The molecule has 3 aromatic carbocycles. The summed E-state index contributed by atoms with van der Waals surface area (Å²) in [6.07, 6.45) is -1.83. The van der Waals surface area contributed by atoms with Crippen LogP contribution in [0.15, 0.2) is 84.0 Å². The fourth-order valence-corrected chi connectivity index (χ4v) is 8.15. The number of likely N-dealkylation sites (tertiary alicyclic amines) is 1. The fourth-order valence-electron chi connectivity index (χ4n) is 6.24. The van der Waals surface area contributed by atoms with Gasteiger partial charge in [0.1, 0.15) is 6.04 Å². The molecule has 3 atom stereocenters. The van der Waals surface area contributed by atoms with Crippen LogP contribution in [0.4, 0.5) is 23.2 Å². The summed E-state index contributed by atoms with van der Waals surface area (Å²) in [4.78, 5) is 44.9. The minimum atomic E-state index is -5.49. The predicted octanol–water partition coefficient (Wildman–Crippen LogP) is 4.96. The molecule has 0 spiro atoms. The minimum absolute atomic E-state index is 0.0381. The quantitative estimate of drug-likeness (QED) is 0.0829. The number of alkyl halides is 3. The van der Waals surface area contributed by atoms with Crippen molar-refractivity contribution in [2.45, 2.75) is 47.7 Å². The molecule has 2 heterocycles. The van der Waals surface area contributed by atoms with E-state index in [1.54, 1.807) is 36.7 Å². The summed E-state index contributed by atoms with van der Waals surface area (Å²) in [5.74, 6) is -0.998. The van der Waals surface area contributed by atoms with Crippen molar-refractivity contribution in [1.82, 2.24) is 9.88 Å². The Kier molecular flexibility index (Phi) is 9.26. The maximum Gasteiger partial charge on any atom is 0.491 e. The second kappa shape index (κ2) is 13.3. The molecule has 0 bridgehead atoms. The van der Waals surface area contributed by atoms with E-state index in [1.807, 2.05) is 0 Å².